The van der Waals surface area contributed by atoms with Crippen LogP contribution in [0.15, 0.2) is 0 Å². The molecule has 0 aliphatic carbocycles. The zero-order valence-corrected chi connectivity index (χ0v) is 9.09. The molecule has 2 rings (SSSR count). The Hall–Kier alpha value is -0.170. The van der Waals surface area contributed by atoms with E-state index in [9.17, 15) is 5.11 Å². The molecule has 2 aliphatic rings. The lowest BCUT2D eigenvalue weighted by molar-refractivity contribution is -0.900. The summed E-state index contributed by atoms with van der Waals surface area (Å²) in [5.74, 6) is 0. The van der Waals surface area contributed by atoms with Gasteiger partial charge in [0, 0.05) is 25.5 Å². The van der Waals surface area contributed by atoms with Crippen molar-refractivity contribution in [2.75, 3.05) is 19.3 Å². The van der Waals surface area contributed by atoms with Gasteiger partial charge in [-0.1, -0.05) is 0 Å². The summed E-state index contributed by atoms with van der Waals surface area (Å²) < 4.78 is 27.2. The van der Waals surface area contributed by atoms with Crippen molar-refractivity contribution in [3.05, 3.63) is 0 Å². The Labute approximate surface area is 84.5 Å². The van der Waals surface area contributed by atoms with Gasteiger partial charge in [0.05, 0.1) is 22.7 Å². The van der Waals surface area contributed by atoms with Crippen molar-refractivity contribution in [2.45, 2.75) is 31.4 Å². The van der Waals surface area contributed by atoms with Crippen LogP contribution in [-0.4, -0.2) is 49.6 Å². The molecule has 0 aromatic heterocycles. The maximum atomic E-state index is 9.21. The molecule has 2 heterocycles. The largest absolute Gasteiger partial charge is 0.748 e. The van der Waals surface area contributed by atoms with Crippen molar-refractivity contribution in [1.29, 1.82) is 0 Å². The molecule has 0 saturated carbocycles. The first kappa shape index (κ1) is 11.9. The van der Waals surface area contributed by atoms with Gasteiger partial charge in [-0.15, -0.1) is 0 Å². The summed E-state index contributed by atoms with van der Waals surface area (Å²) in [5.41, 5.74) is 0. The van der Waals surface area contributed by atoms with Crippen molar-refractivity contribution in [2.24, 2.45) is 0 Å². The Morgan fingerprint density at radius 1 is 1.50 bits per heavy atom. The van der Waals surface area contributed by atoms with E-state index in [1.165, 1.54) is 19.4 Å². The van der Waals surface area contributed by atoms with E-state index in [2.05, 4.69) is 0 Å². The first-order valence-corrected chi connectivity index (χ1v) is 6.61. The lowest BCUT2D eigenvalue weighted by atomic mass is 10.1. The van der Waals surface area contributed by atoms with Gasteiger partial charge < -0.3 is 14.6 Å². The third-order valence-electron chi connectivity index (χ3n) is 2.68. The van der Waals surface area contributed by atoms with Crippen LogP contribution >= 0.6 is 0 Å². The van der Waals surface area contributed by atoms with Crippen molar-refractivity contribution >= 4 is 10.1 Å². The Balaban J connectivity index is 0.000000171. The van der Waals surface area contributed by atoms with Gasteiger partial charge in [0.1, 0.15) is 12.6 Å². The van der Waals surface area contributed by atoms with E-state index in [4.69, 9.17) is 13.0 Å². The molecule has 14 heavy (non-hydrogen) atoms. The highest BCUT2D eigenvalue weighted by atomic mass is 32.2. The van der Waals surface area contributed by atoms with E-state index < -0.39 is 10.1 Å². The molecule has 0 spiro atoms. The van der Waals surface area contributed by atoms with E-state index in [0.717, 1.165) is 19.0 Å². The zero-order valence-electron chi connectivity index (χ0n) is 8.27. The molecule has 2 N–H and O–H groups in total. The third kappa shape index (κ3) is 4.36. The number of aliphatic hydroxyl groups is 1. The van der Waals surface area contributed by atoms with Crippen molar-refractivity contribution in [1.82, 2.24) is 0 Å². The molecule has 2 aliphatic heterocycles. The van der Waals surface area contributed by atoms with Gasteiger partial charge in [-0.3, -0.25) is 0 Å². The second-order valence-corrected chi connectivity index (χ2v) is 5.45. The van der Waals surface area contributed by atoms with Crippen LogP contribution in [0.1, 0.15) is 19.3 Å². The van der Waals surface area contributed by atoms with Gasteiger partial charge in [0.15, 0.2) is 0 Å². The monoisotopic (exact) mass is 223 g/mol. The minimum Gasteiger partial charge on any atom is -0.748 e. The zero-order chi connectivity index (χ0) is 10.8. The first-order valence-electron chi connectivity index (χ1n) is 4.80. The van der Waals surface area contributed by atoms with Crippen LogP contribution < -0.4 is 4.90 Å². The van der Waals surface area contributed by atoms with E-state index in [0.29, 0.717) is 6.26 Å². The molecule has 2 fully saturated rings. The van der Waals surface area contributed by atoms with Gasteiger partial charge in [-0.05, 0) is 0 Å². The summed E-state index contributed by atoms with van der Waals surface area (Å²) in [6.45, 7) is 2.33. The van der Waals surface area contributed by atoms with Gasteiger partial charge in [-0.2, -0.15) is 0 Å². The summed E-state index contributed by atoms with van der Waals surface area (Å²) in [7, 11) is -3.92. The van der Waals surface area contributed by atoms with Crippen molar-refractivity contribution in [3.8, 4) is 0 Å². The van der Waals surface area contributed by atoms with Gasteiger partial charge >= 0.3 is 0 Å². The fourth-order valence-corrected chi connectivity index (χ4v) is 2.25. The predicted octanol–water partition coefficient (Wildman–Crippen LogP) is -2.04. The Morgan fingerprint density at radius 3 is 2.57 bits per heavy atom. The average Bonchev–Trinajstić information content (AvgIpc) is 2.40. The standard InChI is InChI=1S/C7H13NO.CH4O3S/c9-7-4-6-2-1-3-8(6)5-7;1-5(2,3)4/h6-7,9H,1-5H2;1H3,(H,2,3,4)/t6-,7+;/m1./s1. The summed E-state index contributed by atoms with van der Waals surface area (Å²) >= 11 is 0. The summed E-state index contributed by atoms with van der Waals surface area (Å²) in [5, 5.41) is 9.21. The highest BCUT2D eigenvalue weighted by molar-refractivity contribution is 7.84. The minimum absolute atomic E-state index is 0.0188. The second-order valence-electron chi connectivity index (χ2n) is 4.05. The van der Waals surface area contributed by atoms with Gasteiger partial charge in [-0.25, -0.2) is 8.42 Å². The number of hydrogen-bond acceptors (Lipinski definition) is 4. The SMILES string of the molecule is CS(=O)(=O)[O-].O[C@H]1C[C@H]2CCC[NH+]2C1. The summed E-state index contributed by atoms with van der Waals surface area (Å²) in [4.78, 5) is 1.66. The van der Waals surface area contributed by atoms with Crippen LogP contribution in [0.25, 0.3) is 0 Å². The van der Waals surface area contributed by atoms with E-state index in [1.54, 1.807) is 4.90 Å². The van der Waals surface area contributed by atoms with Crippen LogP contribution in [0.4, 0.5) is 0 Å². The maximum Gasteiger partial charge on any atom is 0.108 e. The molecule has 0 aromatic carbocycles. The Morgan fingerprint density at radius 2 is 2.07 bits per heavy atom. The molecular formula is C8H17NO4S. The van der Waals surface area contributed by atoms with Gasteiger partial charge in [0.25, 0.3) is 0 Å². The predicted molar refractivity (Wildman–Crippen MR) is 50.0 cm³/mol. The Bertz CT molecular complexity index is 257. The fraction of sp³-hybridized carbons (Fsp3) is 1.00. The lowest BCUT2D eigenvalue weighted by Gasteiger charge is -2.09. The highest BCUT2D eigenvalue weighted by Crippen LogP contribution is 2.11. The number of nitrogens with one attached hydrogen (secondary N) is 1. The van der Waals surface area contributed by atoms with E-state index in [1.807, 2.05) is 0 Å². The number of fused-ring (bicyclic) bond motifs is 1. The second kappa shape index (κ2) is 4.57. The number of rotatable bonds is 0. The smallest absolute Gasteiger partial charge is 0.108 e. The van der Waals surface area contributed by atoms with E-state index in [-0.39, 0.29) is 6.10 Å². The molecule has 1 unspecified atom stereocenters. The Kier molecular flexibility index (Phi) is 3.88. The highest BCUT2D eigenvalue weighted by Gasteiger charge is 2.37. The first-order chi connectivity index (χ1) is 6.36. The molecule has 0 radical (unpaired) electrons. The minimum atomic E-state index is -3.92. The number of aliphatic hydroxyl groups excluding tert-OH is 1. The average molecular weight is 223 g/mol. The maximum absolute atomic E-state index is 9.21. The molecular weight excluding hydrogens is 206 g/mol. The molecule has 3 atom stereocenters. The lowest BCUT2D eigenvalue weighted by Crippen LogP contribution is -3.11. The molecule has 6 heteroatoms. The molecule has 5 nitrogen and oxygen atoms in total. The summed E-state index contributed by atoms with van der Waals surface area (Å²) in [6, 6.07) is 0.819. The summed E-state index contributed by atoms with van der Waals surface area (Å²) in [6.07, 6.45) is 4.42. The van der Waals surface area contributed by atoms with Gasteiger partial charge in [0.2, 0.25) is 0 Å². The fourth-order valence-electron chi connectivity index (χ4n) is 2.25. The van der Waals surface area contributed by atoms with Crippen LogP contribution in [0.5, 0.6) is 0 Å². The molecule has 2 saturated heterocycles. The van der Waals surface area contributed by atoms with E-state index >= 15 is 0 Å². The van der Waals surface area contributed by atoms with Crippen LogP contribution in [0, 0.1) is 0 Å². The van der Waals surface area contributed by atoms with Crippen molar-refractivity contribution < 1.29 is 23.0 Å². The molecule has 0 bridgehead atoms. The number of quaternary nitrogens is 1. The van der Waals surface area contributed by atoms with Crippen LogP contribution in [-0.2, 0) is 10.1 Å². The molecule has 0 amide bonds. The normalized spacial score (nSPS) is 36.1. The van der Waals surface area contributed by atoms with Crippen LogP contribution in [0.3, 0.4) is 0 Å². The van der Waals surface area contributed by atoms with Crippen molar-refractivity contribution in [3.63, 3.8) is 0 Å². The molecule has 84 valence electrons. The third-order valence-corrected chi connectivity index (χ3v) is 2.68. The molecule has 0 aromatic rings. The quantitative estimate of drug-likeness (QED) is 0.464. The number of hydrogen-bond donors (Lipinski definition) is 2. The topological polar surface area (TPSA) is 81.9 Å². The van der Waals surface area contributed by atoms with Crippen LogP contribution in [0.2, 0.25) is 0 Å².